The second-order valence-electron chi connectivity index (χ2n) is 6.17. The van der Waals surface area contributed by atoms with E-state index < -0.39 is 0 Å². The molecule has 1 fully saturated rings. The second-order valence-corrected chi connectivity index (χ2v) is 7.13. The molecule has 1 unspecified atom stereocenters. The molecule has 1 atom stereocenters. The lowest BCUT2D eigenvalue weighted by Crippen LogP contribution is -2.17. The van der Waals surface area contributed by atoms with Crippen molar-refractivity contribution in [3.8, 4) is 0 Å². The van der Waals surface area contributed by atoms with E-state index in [2.05, 4.69) is 41.0 Å². The summed E-state index contributed by atoms with van der Waals surface area (Å²) in [6.45, 7) is 1.09. The van der Waals surface area contributed by atoms with Crippen molar-refractivity contribution in [2.24, 2.45) is 0 Å². The molecule has 1 aromatic carbocycles. The third kappa shape index (κ3) is 2.55. The first-order valence-corrected chi connectivity index (χ1v) is 8.64. The minimum absolute atomic E-state index is 0.728. The zero-order chi connectivity index (χ0) is 13.4. The van der Waals surface area contributed by atoms with Crippen molar-refractivity contribution in [2.45, 2.75) is 50.6 Å². The summed E-state index contributed by atoms with van der Waals surface area (Å²) in [4.78, 5) is 1.64. The Hall–Kier alpha value is -1.12. The highest BCUT2D eigenvalue weighted by Gasteiger charge is 2.25. The Morgan fingerprint density at radius 1 is 1.10 bits per heavy atom. The average Bonchev–Trinajstić information content (AvgIpc) is 3.25. The van der Waals surface area contributed by atoms with Crippen molar-refractivity contribution in [3.05, 3.63) is 57.3 Å². The van der Waals surface area contributed by atoms with Crippen LogP contribution in [0.25, 0.3) is 0 Å². The third-order valence-electron chi connectivity index (χ3n) is 4.67. The Kier molecular flexibility index (Phi) is 3.37. The summed E-state index contributed by atoms with van der Waals surface area (Å²) in [7, 11) is 0. The molecule has 0 amide bonds. The number of hydrogen-bond donors (Lipinski definition) is 1. The summed E-state index contributed by atoms with van der Waals surface area (Å²) >= 11 is 1.98. The highest BCUT2D eigenvalue weighted by atomic mass is 32.1. The van der Waals surface area contributed by atoms with Crippen molar-refractivity contribution >= 4 is 11.3 Å². The van der Waals surface area contributed by atoms with Crippen LogP contribution in [-0.4, -0.2) is 6.04 Å². The molecular formula is C18H21NS. The molecule has 1 heterocycles. The zero-order valence-corrected chi connectivity index (χ0v) is 12.6. The highest BCUT2D eigenvalue weighted by molar-refractivity contribution is 7.10. The van der Waals surface area contributed by atoms with Gasteiger partial charge in [-0.05, 0) is 60.1 Å². The summed E-state index contributed by atoms with van der Waals surface area (Å²) in [6, 6.07) is 11.8. The van der Waals surface area contributed by atoms with Gasteiger partial charge in [-0.3, -0.25) is 0 Å². The van der Waals surface area contributed by atoms with Crippen LogP contribution in [0.4, 0.5) is 0 Å². The number of hydrogen-bond acceptors (Lipinski definition) is 2. The predicted octanol–water partition coefficient (Wildman–Crippen LogP) is 4.27. The molecule has 0 aliphatic heterocycles. The molecule has 0 spiro atoms. The number of fused-ring (bicyclic) bond motifs is 1. The smallest absolute Gasteiger partial charge is 0.0219 e. The Morgan fingerprint density at radius 3 is 2.75 bits per heavy atom. The molecule has 0 saturated heterocycles. The summed E-state index contributed by atoms with van der Waals surface area (Å²) in [6.07, 6.45) is 6.57. The molecule has 4 rings (SSSR count). The third-order valence-corrected chi connectivity index (χ3v) is 5.77. The lowest BCUT2D eigenvalue weighted by molar-refractivity contribution is 0.585. The van der Waals surface area contributed by atoms with Gasteiger partial charge in [0.15, 0.2) is 0 Å². The largest absolute Gasteiger partial charge is 0.310 e. The Morgan fingerprint density at radius 2 is 1.95 bits per heavy atom. The minimum atomic E-state index is 0.728. The lowest BCUT2D eigenvalue weighted by atomic mass is 9.83. The van der Waals surface area contributed by atoms with Gasteiger partial charge in [-0.2, -0.15) is 0 Å². The SMILES string of the molecule is c1ccc(C2CCc3c(CNC4CC4)csc3C2)cc1. The van der Waals surface area contributed by atoms with Gasteiger partial charge in [0.05, 0.1) is 0 Å². The topological polar surface area (TPSA) is 12.0 Å². The van der Waals surface area contributed by atoms with E-state index >= 15 is 0 Å². The predicted molar refractivity (Wildman–Crippen MR) is 85.4 cm³/mol. The van der Waals surface area contributed by atoms with Crippen LogP contribution >= 0.6 is 11.3 Å². The van der Waals surface area contributed by atoms with Crippen LogP contribution < -0.4 is 5.32 Å². The van der Waals surface area contributed by atoms with Crippen LogP contribution in [0.1, 0.15) is 46.7 Å². The zero-order valence-electron chi connectivity index (χ0n) is 11.8. The molecule has 1 saturated carbocycles. The fourth-order valence-electron chi connectivity index (χ4n) is 3.28. The lowest BCUT2D eigenvalue weighted by Gasteiger charge is -2.23. The maximum atomic E-state index is 3.66. The maximum absolute atomic E-state index is 3.66. The van der Waals surface area contributed by atoms with Gasteiger partial charge >= 0.3 is 0 Å². The van der Waals surface area contributed by atoms with Crippen molar-refractivity contribution in [3.63, 3.8) is 0 Å². The van der Waals surface area contributed by atoms with Crippen molar-refractivity contribution in [1.29, 1.82) is 0 Å². The number of benzene rings is 1. The Balaban J connectivity index is 1.49. The number of thiophene rings is 1. The fraction of sp³-hybridized carbons (Fsp3) is 0.444. The summed E-state index contributed by atoms with van der Waals surface area (Å²) in [5.41, 5.74) is 4.75. The van der Waals surface area contributed by atoms with E-state index in [-0.39, 0.29) is 0 Å². The van der Waals surface area contributed by atoms with Gasteiger partial charge in [0.25, 0.3) is 0 Å². The van der Waals surface area contributed by atoms with E-state index in [1.165, 1.54) is 37.7 Å². The van der Waals surface area contributed by atoms with Crippen LogP contribution in [0.5, 0.6) is 0 Å². The first-order valence-electron chi connectivity index (χ1n) is 7.76. The first-order chi connectivity index (χ1) is 9.90. The molecule has 0 radical (unpaired) electrons. The van der Waals surface area contributed by atoms with Gasteiger partial charge in [-0.25, -0.2) is 0 Å². The average molecular weight is 283 g/mol. The molecular weight excluding hydrogens is 262 g/mol. The molecule has 2 aromatic rings. The molecule has 2 aliphatic carbocycles. The molecule has 1 nitrogen and oxygen atoms in total. The summed E-state index contributed by atoms with van der Waals surface area (Å²) in [5, 5.41) is 6.05. The second kappa shape index (κ2) is 5.34. The van der Waals surface area contributed by atoms with E-state index in [0.717, 1.165) is 18.5 Å². The maximum Gasteiger partial charge on any atom is 0.0219 e. The van der Waals surface area contributed by atoms with Gasteiger partial charge in [0.2, 0.25) is 0 Å². The van der Waals surface area contributed by atoms with Crippen LogP contribution in [0.15, 0.2) is 35.7 Å². The van der Waals surface area contributed by atoms with E-state index in [1.807, 2.05) is 11.3 Å². The first kappa shape index (κ1) is 12.6. The van der Waals surface area contributed by atoms with Crippen molar-refractivity contribution in [2.75, 3.05) is 0 Å². The minimum Gasteiger partial charge on any atom is -0.310 e. The molecule has 0 bridgehead atoms. The standard InChI is InChI=1S/C18H21NS/c1-2-4-13(5-3-1)14-6-9-17-15(11-19-16-7-8-16)12-20-18(17)10-14/h1-5,12,14,16,19H,6-11H2. The van der Waals surface area contributed by atoms with Crippen molar-refractivity contribution in [1.82, 2.24) is 5.32 Å². The van der Waals surface area contributed by atoms with Crippen LogP contribution in [0.2, 0.25) is 0 Å². The van der Waals surface area contributed by atoms with Crippen LogP contribution in [0.3, 0.4) is 0 Å². The van der Waals surface area contributed by atoms with E-state index in [1.54, 1.807) is 16.0 Å². The van der Waals surface area contributed by atoms with Gasteiger partial charge in [-0.15, -0.1) is 11.3 Å². The van der Waals surface area contributed by atoms with E-state index in [0.29, 0.717) is 0 Å². The van der Waals surface area contributed by atoms with E-state index in [4.69, 9.17) is 0 Å². The number of rotatable bonds is 4. The monoisotopic (exact) mass is 283 g/mol. The molecule has 1 aromatic heterocycles. The molecule has 2 aliphatic rings. The molecule has 20 heavy (non-hydrogen) atoms. The van der Waals surface area contributed by atoms with Crippen molar-refractivity contribution < 1.29 is 0 Å². The number of nitrogens with one attached hydrogen (secondary N) is 1. The van der Waals surface area contributed by atoms with Gasteiger partial charge in [-0.1, -0.05) is 30.3 Å². The summed E-state index contributed by atoms with van der Waals surface area (Å²) < 4.78 is 0. The molecule has 2 heteroatoms. The van der Waals surface area contributed by atoms with Crippen LogP contribution in [-0.2, 0) is 19.4 Å². The summed E-state index contributed by atoms with van der Waals surface area (Å²) in [5.74, 6) is 0.728. The van der Waals surface area contributed by atoms with Gasteiger partial charge in [0, 0.05) is 17.5 Å². The molecule has 1 N–H and O–H groups in total. The Bertz CT molecular complexity index is 583. The normalized spacial score (nSPS) is 21.7. The Labute approximate surface area is 125 Å². The van der Waals surface area contributed by atoms with Crippen LogP contribution in [0, 0.1) is 0 Å². The molecule has 104 valence electrons. The quantitative estimate of drug-likeness (QED) is 0.883. The fourth-order valence-corrected chi connectivity index (χ4v) is 4.46. The highest BCUT2D eigenvalue weighted by Crippen LogP contribution is 2.37. The van der Waals surface area contributed by atoms with Gasteiger partial charge in [0.1, 0.15) is 0 Å². The van der Waals surface area contributed by atoms with E-state index in [9.17, 15) is 0 Å². The van der Waals surface area contributed by atoms with Gasteiger partial charge < -0.3 is 5.32 Å².